The summed E-state index contributed by atoms with van der Waals surface area (Å²) in [6.45, 7) is 0.521. The summed E-state index contributed by atoms with van der Waals surface area (Å²) in [7, 11) is 0. The minimum absolute atomic E-state index is 0.146. The molecule has 5 heteroatoms. The van der Waals surface area contributed by atoms with Crippen molar-refractivity contribution >= 4 is 23.6 Å². The Morgan fingerprint density at radius 3 is 2.50 bits per heavy atom. The summed E-state index contributed by atoms with van der Waals surface area (Å²) in [5.41, 5.74) is 2.15. The maximum absolute atomic E-state index is 9.84. The first-order valence-corrected chi connectivity index (χ1v) is 8.10. The van der Waals surface area contributed by atoms with Gasteiger partial charge in [0.05, 0.1) is 4.88 Å². The molecule has 0 amide bonds. The highest BCUT2D eigenvalue weighted by molar-refractivity contribution is 7.73. The fourth-order valence-electron chi connectivity index (χ4n) is 2.17. The van der Waals surface area contributed by atoms with E-state index in [1.165, 1.54) is 11.3 Å². The van der Waals surface area contributed by atoms with Crippen LogP contribution in [0, 0.1) is 3.95 Å². The molecule has 0 bridgehead atoms. The molecule has 1 aromatic heterocycles. The van der Waals surface area contributed by atoms with E-state index in [1.807, 2.05) is 54.6 Å². The Morgan fingerprint density at radius 2 is 1.77 bits per heavy atom. The van der Waals surface area contributed by atoms with Crippen molar-refractivity contribution in [1.29, 1.82) is 0 Å². The molecule has 0 atom stereocenters. The average molecular weight is 329 g/mol. The standard InChI is InChI=1S/C17H15NO2S2/c19-16-15(22-17(21)18-16)10-13-8-4-5-9-14(13)20-11-12-6-2-1-3-7-12/h1-9,19H,10-11H2,(H,18,21). The van der Waals surface area contributed by atoms with Gasteiger partial charge in [0.15, 0.2) is 3.95 Å². The number of nitrogens with one attached hydrogen (secondary N) is 1. The van der Waals surface area contributed by atoms with Crippen LogP contribution >= 0.6 is 23.6 Å². The Hall–Kier alpha value is -2.11. The van der Waals surface area contributed by atoms with E-state index >= 15 is 0 Å². The zero-order chi connectivity index (χ0) is 15.4. The van der Waals surface area contributed by atoms with Crippen molar-refractivity contribution in [2.75, 3.05) is 0 Å². The maximum atomic E-state index is 9.84. The third kappa shape index (κ3) is 3.55. The minimum atomic E-state index is 0.146. The largest absolute Gasteiger partial charge is 0.494 e. The van der Waals surface area contributed by atoms with Crippen LogP contribution in [-0.2, 0) is 13.0 Å². The molecule has 0 unspecified atom stereocenters. The van der Waals surface area contributed by atoms with Gasteiger partial charge in [-0.3, -0.25) is 0 Å². The molecule has 2 aromatic carbocycles. The number of aromatic amines is 1. The zero-order valence-corrected chi connectivity index (χ0v) is 13.4. The van der Waals surface area contributed by atoms with Crippen molar-refractivity contribution in [3.8, 4) is 11.6 Å². The molecule has 0 spiro atoms. The quantitative estimate of drug-likeness (QED) is 0.668. The number of benzene rings is 2. The van der Waals surface area contributed by atoms with E-state index in [4.69, 9.17) is 17.0 Å². The van der Waals surface area contributed by atoms with Gasteiger partial charge in [-0.15, -0.1) is 11.3 Å². The molecule has 0 aliphatic carbocycles. The van der Waals surface area contributed by atoms with E-state index in [1.54, 1.807) is 0 Å². The van der Waals surface area contributed by atoms with Gasteiger partial charge in [0.2, 0.25) is 5.88 Å². The third-order valence-electron chi connectivity index (χ3n) is 3.26. The minimum Gasteiger partial charge on any atom is -0.494 e. The highest BCUT2D eigenvalue weighted by Gasteiger charge is 2.10. The molecule has 0 saturated carbocycles. The van der Waals surface area contributed by atoms with Crippen molar-refractivity contribution in [3.63, 3.8) is 0 Å². The lowest BCUT2D eigenvalue weighted by Crippen LogP contribution is -1.98. The fraction of sp³-hybridized carbons (Fsp3) is 0.118. The molecule has 0 aliphatic rings. The van der Waals surface area contributed by atoms with E-state index in [0.29, 0.717) is 17.0 Å². The Labute approximate surface area is 137 Å². The van der Waals surface area contributed by atoms with Crippen LogP contribution in [0.3, 0.4) is 0 Å². The number of para-hydroxylation sites is 1. The van der Waals surface area contributed by atoms with Gasteiger partial charge in [0.1, 0.15) is 12.4 Å². The van der Waals surface area contributed by atoms with Gasteiger partial charge in [0, 0.05) is 6.42 Å². The molecule has 0 radical (unpaired) electrons. The molecular weight excluding hydrogens is 314 g/mol. The van der Waals surface area contributed by atoms with Crippen LogP contribution in [0.25, 0.3) is 0 Å². The number of H-pyrrole nitrogens is 1. The SMILES string of the molecule is Oc1[nH]c(=S)sc1Cc1ccccc1OCc1ccccc1. The van der Waals surface area contributed by atoms with E-state index in [2.05, 4.69) is 4.98 Å². The predicted octanol–water partition coefficient (Wildman–Crippen LogP) is 4.68. The van der Waals surface area contributed by atoms with Crippen molar-refractivity contribution in [2.24, 2.45) is 0 Å². The first kappa shape index (κ1) is 14.8. The lowest BCUT2D eigenvalue weighted by molar-refractivity contribution is 0.303. The van der Waals surface area contributed by atoms with Crippen molar-refractivity contribution in [3.05, 3.63) is 74.6 Å². The zero-order valence-electron chi connectivity index (χ0n) is 11.8. The summed E-state index contributed by atoms with van der Waals surface area (Å²) in [6.07, 6.45) is 0.592. The number of thiazole rings is 1. The van der Waals surface area contributed by atoms with Gasteiger partial charge in [-0.1, -0.05) is 48.5 Å². The van der Waals surface area contributed by atoms with Gasteiger partial charge in [-0.05, 0) is 29.4 Å². The summed E-state index contributed by atoms with van der Waals surface area (Å²) in [6, 6.07) is 17.9. The first-order chi connectivity index (χ1) is 10.7. The smallest absolute Gasteiger partial charge is 0.203 e. The van der Waals surface area contributed by atoms with Crippen molar-refractivity contribution < 1.29 is 9.84 Å². The number of ether oxygens (including phenoxy) is 1. The second-order valence-corrected chi connectivity index (χ2v) is 6.62. The predicted molar refractivity (Wildman–Crippen MR) is 91.2 cm³/mol. The number of hydrogen-bond donors (Lipinski definition) is 2. The topological polar surface area (TPSA) is 45.2 Å². The molecule has 3 rings (SSSR count). The molecule has 2 N–H and O–H groups in total. The third-order valence-corrected chi connectivity index (χ3v) is 4.48. The van der Waals surface area contributed by atoms with E-state index in [0.717, 1.165) is 21.8 Å². The monoisotopic (exact) mass is 329 g/mol. The molecule has 3 aromatic rings. The normalized spacial score (nSPS) is 10.5. The van der Waals surface area contributed by atoms with Gasteiger partial charge in [0.25, 0.3) is 0 Å². The number of hydrogen-bond acceptors (Lipinski definition) is 4. The summed E-state index contributed by atoms with van der Waals surface area (Å²) in [5.74, 6) is 0.970. The molecule has 3 nitrogen and oxygen atoms in total. The van der Waals surface area contributed by atoms with Gasteiger partial charge in [-0.2, -0.15) is 0 Å². The Balaban J connectivity index is 1.78. The van der Waals surface area contributed by atoms with Crippen LogP contribution in [0.4, 0.5) is 0 Å². The van der Waals surface area contributed by atoms with Crippen LogP contribution in [0.2, 0.25) is 0 Å². The number of aromatic nitrogens is 1. The number of rotatable bonds is 5. The van der Waals surface area contributed by atoms with Crippen LogP contribution in [0.15, 0.2) is 54.6 Å². The van der Waals surface area contributed by atoms with Gasteiger partial charge in [-0.25, -0.2) is 0 Å². The average Bonchev–Trinajstić information content (AvgIpc) is 2.85. The lowest BCUT2D eigenvalue weighted by atomic mass is 10.1. The van der Waals surface area contributed by atoms with Gasteiger partial charge < -0.3 is 14.8 Å². The molecule has 1 heterocycles. The second kappa shape index (κ2) is 6.77. The molecule has 0 fully saturated rings. The lowest BCUT2D eigenvalue weighted by Gasteiger charge is -2.11. The summed E-state index contributed by atoms with van der Waals surface area (Å²) in [5, 5.41) is 9.84. The van der Waals surface area contributed by atoms with Crippen LogP contribution in [0.1, 0.15) is 16.0 Å². The van der Waals surface area contributed by atoms with Crippen molar-refractivity contribution in [1.82, 2.24) is 4.98 Å². The first-order valence-electron chi connectivity index (χ1n) is 6.88. The highest BCUT2D eigenvalue weighted by atomic mass is 32.1. The molecular formula is C17H15NO2S2. The Kier molecular flexibility index (Phi) is 4.56. The Bertz CT molecular complexity index is 809. The van der Waals surface area contributed by atoms with E-state index in [-0.39, 0.29) is 5.88 Å². The van der Waals surface area contributed by atoms with Gasteiger partial charge >= 0.3 is 0 Å². The van der Waals surface area contributed by atoms with E-state index < -0.39 is 0 Å². The second-order valence-electron chi connectivity index (χ2n) is 4.85. The molecule has 112 valence electrons. The Morgan fingerprint density at radius 1 is 1.05 bits per heavy atom. The maximum Gasteiger partial charge on any atom is 0.203 e. The van der Waals surface area contributed by atoms with E-state index in [9.17, 15) is 5.11 Å². The summed E-state index contributed by atoms with van der Waals surface area (Å²) >= 11 is 6.44. The molecule has 0 saturated heterocycles. The van der Waals surface area contributed by atoms with Crippen molar-refractivity contribution in [2.45, 2.75) is 13.0 Å². The highest BCUT2D eigenvalue weighted by Crippen LogP contribution is 2.29. The summed E-state index contributed by atoms with van der Waals surface area (Å²) < 4.78 is 6.51. The molecule has 0 aliphatic heterocycles. The fourth-order valence-corrected chi connectivity index (χ4v) is 3.32. The van der Waals surface area contributed by atoms with Crippen LogP contribution in [0.5, 0.6) is 11.6 Å². The van der Waals surface area contributed by atoms with Crippen LogP contribution in [-0.4, -0.2) is 10.1 Å². The van der Waals surface area contributed by atoms with Crippen LogP contribution < -0.4 is 4.74 Å². The number of aromatic hydroxyl groups is 1. The molecule has 22 heavy (non-hydrogen) atoms. The summed E-state index contributed by atoms with van der Waals surface area (Å²) in [4.78, 5) is 3.57.